The van der Waals surface area contributed by atoms with Gasteiger partial charge in [-0.3, -0.25) is 9.69 Å². The summed E-state index contributed by atoms with van der Waals surface area (Å²) >= 11 is 0. The number of methoxy groups -OCH3 is 1. The van der Waals surface area contributed by atoms with Gasteiger partial charge in [-0.1, -0.05) is 5.16 Å². The van der Waals surface area contributed by atoms with Crippen LogP contribution in [0.2, 0.25) is 0 Å². The van der Waals surface area contributed by atoms with Crippen LogP contribution in [0.1, 0.15) is 35.5 Å². The molecule has 3 heterocycles. The second-order valence-corrected chi connectivity index (χ2v) is 6.69. The summed E-state index contributed by atoms with van der Waals surface area (Å²) < 4.78 is 37.6. The molecule has 0 unspecified atom stereocenters. The fraction of sp³-hybridized carbons (Fsp3) is 0.750. The number of piperidine rings is 1. The predicted molar refractivity (Wildman–Crippen MR) is 82.1 cm³/mol. The Morgan fingerprint density at radius 2 is 2.17 bits per heavy atom. The van der Waals surface area contributed by atoms with Crippen molar-refractivity contribution in [2.75, 3.05) is 33.4 Å². The number of carbonyl (C=O) groups is 1. The molecule has 1 aromatic rings. The fourth-order valence-electron chi connectivity index (χ4n) is 3.73. The standard InChI is InChI=1S/C16H23F2N3O3/c1-11-7-14(19-24-11)15(22)20-5-3-12(4-6-20)21-10-16(17,18)8-13(21)9-23-2/h7,12-13H,3-6,8-10H2,1-2H3/t13-/m0/s1. The zero-order valence-corrected chi connectivity index (χ0v) is 14.0. The van der Waals surface area contributed by atoms with Crippen LogP contribution >= 0.6 is 0 Å². The molecule has 3 rings (SSSR count). The summed E-state index contributed by atoms with van der Waals surface area (Å²) in [6, 6.07) is 1.42. The van der Waals surface area contributed by atoms with Crippen LogP contribution in [0.15, 0.2) is 10.6 Å². The quantitative estimate of drug-likeness (QED) is 0.836. The van der Waals surface area contributed by atoms with Crippen LogP contribution in [0.4, 0.5) is 8.78 Å². The largest absolute Gasteiger partial charge is 0.383 e. The zero-order valence-electron chi connectivity index (χ0n) is 14.0. The van der Waals surface area contributed by atoms with E-state index >= 15 is 0 Å². The number of amides is 1. The topological polar surface area (TPSA) is 58.8 Å². The van der Waals surface area contributed by atoms with Crippen molar-refractivity contribution in [2.24, 2.45) is 0 Å². The highest BCUT2D eigenvalue weighted by Gasteiger charge is 2.47. The number of aryl methyl sites for hydroxylation is 1. The molecule has 0 saturated carbocycles. The van der Waals surface area contributed by atoms with Gasteiger partial charge in [0.1, 0.15) is 5.76 Å². The highest BCUT2D eigenvalue weighted by Crippen LogP contribution is 2.35. The van der Waals surface area contributed by atoms with E-state index in [4.69, 9.17) is 9.26 Å². The number of nitrogens with zero attached hydrogens (tertiary/aromatic N) is 3. The van der Waals surface area contributed by atoms with E-state index in [2.05, 4.69) is 5.16 Å². The Hall–Kier alpha value is -1.54. The average molecular weight is 343 g/mol. The Kier molecular flexibility index (Phi) is 4.87. The lowest BCUT2D eigenvalue weighted by atomic mass is 10.0. The van der Waals surface area contributed by atoms with Gasteiger partial charge in [0.05, 0.1) is 13.2 Å². The van der Waals surface area contributed by atoms with E-state index in [9.17, 15) is 13.6 Å². The second-order valence-electron chi connectivity index (χ2n) is 6.69. The summed E-state index contributed by atoms with van der Waals surface area (Å²) in [5, 5.41) is 3.75. The van der Waals surface area contributed by atoms with Gasteiger partial charge in [-0.2, -0.15) is 0 Å². The minimum Gasteiger partial charge on any atom is -0.383 e. The van der Waals surface area contributed by atoms with Gasteiger partial charge in [-0.05, 0) is 19.8 Å². The maximum Gasteiger partial charge on any atom is 0.276 e. The molecular weight excluding hydrogens is 320 g/mol. The van der Waals surface area contributed by atoms with Crippen LogP contribution in [0.5, 0.6) is 0 Å². The van der Waals surface area contributed by atoms with Gasteiger partial charge in [0.15, 0.2) is 5.69 Å². The Morgan fingerprint density at radius 1 is 1.46 bits per heavy atom. The number of rotatable bonds is 4. The molecule has 0 N–H and O–H groups in total. The number of ether oxygens (including phenoxy) is 1. The molecule has 0 spiro atoms. The van der Waals surface area contributed by atoms with E-state index in [-0.39, 0.29) is 31.0 Å². The summed E-state index contributed by atoms with van der Waals surface area (Å²) in [5.41, 5.74) is 0.302. The maximum atomic E-state index is 13.8. The first-order chi connectivity index (χ1) is 11.4. The first-order valence-electron chi connectivity index (χ1n) is 8.25. The van der Waals surface area contributed by atoms with E-state index in [0.29, 0.717) is 44.0 Å². The molecule has 2 fully saturated rings. The molecule has 1 aromatic heterocycles. The molecular formula is C16H23F2N3O3. The van der Waals surface area contributed by atoms with Gasteiger partial charge >= 0.3 is 0 Å². The highest BCUT2D eigenvalue weighted by atomic mass is 19.3. The number of hydrogen-bond acceptors (Lipinski definition) is 5. The summed E-state index contributed by atoms with van der Waals surface area (Å²) in [6.07, 6.45) is 1.20. The van der Waals surface area contributed by atoms with Crippen LogP contribution in [-0.4, -0.2) is 72.2 Å². The van der Waals surface area contributed by atoms with E-state index < -0.39 is 5.92 Å². The molecule has 1 atom stereocenters. The lowest BCUT2D eigenvalue weighted by molar-refractivity contribution is 0.00281. The predicted octanol–water partition coefficient (Wildman–Crippen LogP) is 1.94. The van der Waals surface area contributed by atoms with Crippen molar-refractivity contribution < 1.29 is 22.8 Å². The first-order valence-corrected chi connectivity index (χ1v) is 8.25. The highest BCUT2D eigenvalue weighted by molar-refractivity contribution is 5.92. The summed E-state index contributed by atoms with van der Waals surface area (Å²) in [4.78, 5) is 15.9. The number of likely N-dealkylation sites (tertiary alicyclic amines) is 2. The van der Waals surface area contributed by atoms with E-state index in [1.807, 2.05) is 4.90 Å². The molecule has 6 nitrogen and oxygen atoms in total. The molecule has 2 aliphatic rings. The van der Waals surface area contributed by atoms with Crippen molar-refractivity contribution in [1.82, 2.24) is 15.0 Å². The van der Waals surface area contributed by atoms with Crippen LogP contribution in [0.25, 0.3) is 0 Å². The molecule has 0 radical (unpaired) electrons. The van der Waals surface area contributed by atoms with Gasteiger partial charge in [0.2, 0.25) is 0 Å². The van der Waals surface area contributed by atoms with Crippen molar-refractivity contribution in [3.63, 3.8) is 0 Å². The fourth-order valence-corrected chi connectivity index (χ4v) is 3.73. The summed E-state index contributed by atoms with van der Waals surface area (Å²) in [6.45, 7) is 2.91. The van der Waals surface area contributed by atoms with Crippen molar-refractivity contribution in [2.45, 2.75) is 44.2 Å². The Morgan fingerprint density at radius 3 is 2.75 bits per heavy atom. The molecule has 2 saturated heterocycles. The molecule has 0 aliphatic carbocycles. The van der Waals surface area contributed by atoms with E-state index in [1.54, 1.807) is 17.9 Å². The third-order valence-corrected chi connectivity index (χ3v) is 4.84. The van der Waals surface area contributed by atoms with Crippen molar-refractivity contribution in [1.29, 1.82) is 0 Å². The van der Waals surface area contributed by atoms with Crippen LogP contribution in [-0.2, 0) is 4.74 Å². The van der Waals surface area contributed by atoms with Gasteiger partial charge in [0, 0.05) is 44.8 Å². The Bertz CT molecular complexity index is 585. The zero-order chi connectivity index (χ0) is 17.3. The number of carbonyl (C=O) groups excluding carboxylic acids is 1. The summed E-state index contributed by atoms with van der Waals surface area (Å²) in [7, 11) is 1.54. The Labute approximate surface area is 139 Å². The Balaban J connectivity index is 1.59. The van der Waals surface area contributed by atoms with Gasteiger partial charge < -0.3 is 14.2 Å². The maximum absolute atomic E-state index is 13.8. The van der Waals surface area contributed by atoms with Crippen molar-refractivity contribution in [3.8, 4) is 0 Å². The summed E-state index contributed by atoms with van der Waals surface area (Å²) in [5.74, 6) is -2.23. The third-order valence-electron chi connectivity index (χ3n) is 4.84. The minimum absolute atomic E-state index is 0.0571. The van der Waals surface area contributed by atoms with Crippen LogP contribution in [0.3, 0.4) is 0 Å². The molecule has 134 valence electrons. The van der Waals surface area contributed by atoms with Crippen molar-refractivity contribution >= 4 is 5.91 Å². The van der Waals surface area contributed by atoms with E-state index in [1.165, 1.54) is 7.11 Å². The normalized spacial score (nSPS) is 25.3. The van der Waals surface area contributed by atoms with Gasteiger partial charge in [0.25, 0.3) is 11.8 Å². The molecule has 0 bridgehead atoms. The smallest absolute Gasteiger partial charge is 0.276 e. The average Bonchev–Trinajstić information content (AvgIpc) is 3.10. The van der Waals surface area contributed by atoms with Gasteiger partial charge in [-0.25, -0.2) is 8.78 Å². The number of alkyl halides is 2. The molecule has 8 heteroatoms. The molecule has 2 aliphatic heterocycles. The van der Waals surface area contributed by atoms with Crippen LogP contribution < -0.4 is 0 Å². The van der Waals surface area contributed by atoms with Crippen LogP contribution in [0, 0.1) is 6.92 Å². The van der Waals surface area contributed by atoms with Crippen molar-refractivity contribution in [3.05, 3.63) is 17.5 Å². The second kappa shape index (κ2) is 6.76. The molecule has 24 heavy (non-hydrogen) atoms. The third kappa shape index (κ3) is 3.59. The minimum atomic E-state index is -2.66. The lowest BCUT2D eigenvalue weighted by Gasteiger charge is -2.38. The van der Waals surface area contributed by atoms with Gasteiger partial charge in [-0.15, -0.1) is 0 Å². The monoisotopic (exact) mass is 343 g/mol. The lowest BCUT2D eigenvalue weighted by Crippen LogP contribution is -2.49. The molecule has 1 amide bonds. The SMILES string of the molecule is COC[C@@H]1CC(F)(F)CN1C1CCN(C(=O)c2cc(C)on2)CC1. The first kappa shape index (κ1) is 17.3. The molecule has 0 aromatic carbocycles. The number of hydrogen-bond donors (Lipinski definition) is 0. The number of aromatic nitrogens is 1. The number of halogens is 2. The van der Waals surface area contributed by atoms with E-state index in [0.717, 1.165) is 0 Å².